The molecule has 0 bridgehead atoms. The van der Waals surface area contributed by atoms with Crippen molar-refractivity contribution in [1.82, 2.24) is 14.8 Å². The zero-order valence-corrected chi connectivity index (χ0v) is 12.1. The van der Waals surface area contributed by atoms with Crippen molar-refractivity contribution in [2.24, 2.45) is 0 Å². The zero-order valence-electron chi connectivity index (χ0n) is 12.1. The number of nitrogens with one attached hydrogen (secondary N) is 1. The van der Waals surface area contributed by atoms with E-state index < -0.39 is 12.7 Å². The number of hydrogen-bond acceptors (Lipinski definition) is 4. The second-order valence-corrected chi connectivity index (χ2v) is 5.49. The molecular formula is C15H14F3N5. The van der Waals surface area contributed by atoms with Gasteiger partial charge in [-0.05, 0) is 37.0 Å². The van der Waals surface area contributed by atoms with Gasteiger partial charge in [0.05, 0.1) is 17.3 Å². The molecule has 3 rings (SSSR count). The van der Waals surface area contributed by atoms with Crippen molar-refractivity contribution >= 4 is 5.82 Å². The van der Waals surface area contributed by atoms with Crippen LogP contribution in [0, 0.1) is 11.3 Å². The molecule has 1 aliphatic rings. The second kappa shape index (κ2) is 5.91. The molecule has 1 N–H and O–H groups in total. The molecule has 0 unspecified atom stereocenters. The fourth-order valence-electron chi connectivity index (χ4n) is 2.73. The smallest absolute Gasteiger partial charge is 0.362 e. The highest BCUT2D eigenvalue weighted by molar-refractivity contribution is 5.42. The number of alkyl halides is 3. The minimum Gasteiger partial charge on any atom is -0.362 e. The number of nitrogens with zero attached hydrogens (tertiary/aromatic N) is 4. The summed E-state index contributed by atoms with van der Waals surface area (Å²) in [7, 11) is 0. The van der Waals surface area contributed by atoms with E-state index in [0.29, 0.717) is 17.1 Å². The Morgan fingerprint density at radius 2 is 2.22 bits per heavy atom. The molecule has 5 nitrogen and oxygen atoms in total. The highest BCUT2D eigenvalue weighted by Gasteiger charge is 2.31. The van der Waals surface area contributed by atoms with Crippen molar-refractivity contribution in [2.75, 3.05) is 5.32 Å². The molecule has 8 heteroatoms. The standard InChI is InChI=1S/C15H14F3N5/c16-15(17,18)9-23-8-11-2-1-3-12(14(11)22-23)21-13-5-4-10(6-19)7-20-13/h4-5,7-8,12H,1-3,9H2,(H,20,21)/t12-/m1/s1. The summed E-state index contributed by atoms with van der Waals surface area (Å²) in [5.74, 6) is 0.576. The van der Waals surface area contributed by atoms with Crippen molar-refractivity contribution in [2.45, 2.75) is 38.0 Å². The predicted molar refractivity (Wildman–Crippen MR) is 76.5 cm³/mol. The number of aryl methyl sites for hydroxylation is 1. The number of halogens is 3. The predicted octanol–water partition coefficient (Wildman–Crippen LogP) is 3.20. The van der Waals surface area contributed by atoms with Crippen molar-refractivity contribution < 1.29 is 13.2 Å². The lowest BCUT2D eigenvalue weighted by molar-refractivity contribution is -0.142. The first-order valence-electron chi connectivity index (χ1n) is 7.20. The monoisotopic (exact) mass is 321 g/mol. The van der Waals surface area contributed by atoms with E-state index in [4.69, 9.17) is 5.26 Å². The fourth-order valence-corrected chi connectivity index (χ4v) is 2.73. The molecule has 0 aliphatic heterocycles. The van der Waals surface area contributed by atoms with Gasteiger partial charge in [-0.3, -0.25) is 4.68 Å². The maximum Gasteiger partial charge on any atom is 0.408 e. The van der Waals surface area contributed by atoms with Crippen LogP contribution in [0.1, 0.15) is 35.7 Å². The highest BCUT2D eigenvalue weighted by Crippen LogP contribution is 2.31. The lowest BCUT2D eigenvalue weighted by atomic mass is 9.94. The number of fused-ring (bicyclic) bond motifs is 1. The molecule has 0 spiro atoms. The minimum atomic E-state index is -4.29. The lowest BCUT2D eigenvalue weighted by Crippen LogP contribution is -2.20. The maximum absolute atomic E-state index is 12.5. The quantitative estimate of drug-likeness (QED) is 0.943. The fraction of sp³-hybridized carbons (Fsp3) is 0.400. The molecule has 2 heterocycles. The number of anilines is 1. The Morgan fingerprint density at radius 3 is 2.87 bits per heavy atom. The van der Waals surface area contributed by atoms with Crippen LogP contribution in [0.25, 0.3) is 0 Å². The molecule has 2 aromatic rings. The van der Waals surface area contributed by atoms with E-state index in [1.54, 1.807) is 12.1 Å². The number of nitriles is 1. The molecule has 1 aliphatic carbocycles. The van der Waals surface area contributed by atoms with Crippen LogP contribution in [0.15, 0.2) is 24.5 Å². The number of pyridine rings is 1. The van der Waals surface area contributed by atoms with Crippen molar-refractivity contribution in [3.05, 3.63) is 41.3 Å². The van der Waals surface area contributed by atoms with E-state index in [0.717, 1.165) is 29.5 Å². The minimum absolute atomic E-state index is 0.173. The molecule has 0 radical (unpaired) electrons. The highest BCUT2D eigenvalue weighted by atomic mass is 19.4. The molecule has 2 aromatic heterocycles. The topological polar surface area (TPSA) is 66.5 Å². The first-order valence-corrected chi connectivity index (χ1v) is 7.20. The van der Waals surface area contributed by atoms with E-state index in [1.807, 2.05) is 6.07 Å². The van der Waals surface area contributed by atoms with E-state index in [-0.39, 0.29) is 6.04 Å². The van der Waals surface area contributed by atoms with Gasteiger partial charge >= 0.3 is 6.18 Å². The van der Waals surface area contributed by atoms with Gasteiger partial charge in [0.25, 0.3) is 0 Å². The van der Waals surface area contributed by atoms with Crippen molar-refractivity contribution in [3.63, 3.8) is 0 Å². The molecule has 0 amide bonds. The van der Waals surface area contributed by atoms with Crippen LogP contribution >= 0.6 is 0 Å². The number of hydrogen-bond donors (Lipinski definition) is 1. The van der Waals surface area contributed by atoms with Gasteiger partial charge in [-0.1, -0.05) is 0 Å². The molecule has 120 valence electrons. The van der Waals surface area contributed by atoms with Crippen LogP contribution in [0.3, 0.4) is 0 Å². The molecule has 0 saturated heterocycles. The van der Waals surface area contributed by atoms with Crippen LogP contribution in [-0.2, 0) is 13.0 Å². The summed E-state index contributed by atoms with van der Waals surface area (Å²) < 4.78 is 38.5. The number of aromatic nitrogens is 3. The Morgan fingerprint density at radius 1 is 1.39 bits per heavy atom. The van der Waals surface area contributed by atoms with Gasteiger partial charge in [-0.15, -0.1) is 0 Å². The second-order valence-electron chi connectivity index (χ2n) is 5.49. The summed E-state index contributed by atoms with van der Waals surface area (Å²) in [5, 5.41) is 16.0. The van der Waals surface area contributed by atoms with E-state index in [1.165, 1.54) is 12.4 Å². The average Bonchev–Trinajstić information content (AvgIpc) is 2.89. The van der Waals surface area contributed by atoms with Gasteiger partial charge in [0.1, 0.15) is 18.4 Å². The average molecular weight is 321 g/mol. The van der Waals surface area contributed by atoms with Crippen LogP contribution in [0.4, 0.5) is 19.0 Å². The lowest BCUT2D eigenvalue weighted by Gasteiger charge is -2.22. The van der Waals surface area contributed by atoms with Crippen LogP contribution in [-0.4, -0.2) is 20.9 Å². The summed E-state index contributed by atoms with van der Waals surface area (Å²) in [6.07, 6.45) is 1.02. The van der Waals surface area contributed by atoms with Gasteiger partial charge < -0.3 is 5.32 Å². The maximum atomic E-state index is 12.5. The van der Waals surface area contributed by atoms with Crippen LogP contribution < -0.4 is 5.32 Å². The Kier molecular flexibility index (Phi) is 3.94. The van der Waals surface area contributed by atoms with Crippen LogP contribution in [0.5, 0.6) is 0 Å². The molecule has 0 saturated carbocycles. The largest absolute Gasteiger partial charge is 0.408 e. The third-order valence-electron chi connectivity index (χ3n) is 3.69. The Hall–Kier alpha value is -2.56. The van der Waals surface area contributed by atoms with Gasteiger partial charge in [-0.2, -0.15) is 23.5 Å². The van der Waals surface area contributed by atoms with Crippen molar-refractivity contribution in [1.29, 1.82) is 5.26 Å². The summed E-state index contributed by atoms with van der Waals surface area (Å²) in [6, 6.07) is 5.13. The molecule has 0 fully saturated rings. The first-order chi connectivity index (χ1) is 10.9. The summed E-state index contributed by atoms with van der Waals surface area (Å²) >= 11 is 0. The summed E-state index contributed by atoms with van der Waals surface area (Å²) in [5.41, 5.74) is 1.94. The third kappa shape index (κ3) is 3.62. The van der Waals surface area contributed by atoms with E-state index in [2.05, 4.69) is 15.4 Å². The molecular weight excluding hydrogens is 307 g/mol. The summed E-state index contributed by atoms with van der Waals surface area (Å²) in [6.45, 7) is -1.08. The van der Waals surface area contributed by atoms with Crippen molar-refractivity contribution in [3.8, 4) is 6.07 Å². The Labute approximate surface area is 130 Å². The number of rotatable bonds is 3. The third-order valence-corrected chi connectivity index (χ3v) is 3.69. The first kappa shape index (κ1) is 15.3. The van der Waals surface area contributed by atoms with Gasteiger partial charge in [-0.25, -0.2) is 4.98 Å². The Bertz CT molecular complexity index is 727. The van der Waals surface area contributed by atoms with Gasteiger partial charge in [0, 0.05) is 12.4 Å². The molecule has 1 atom stereocenters. The van der Waals surface area contributed by atoms with E-state index in [9.17, 15) is 13.2 Å². The normalized spacial score (nSPS) is 17.4. The zero-order chi connectivity index (χ0) is 16.4. The molecule has 0 aromatic carbocycles. The van der Waals surface area contributed by atoms with Gasteiger partial charge in [0.15, 0.2) is 0 Å². The van der Waals surface area contributed by atoms with Crippen LogP contribution in [0.2, 0.25) is 0 Å². The van der Waals surface area contributed by atoms with Gasteiger partial charge in [0.2, 0.25) is 0 Å². The molecule has 23 heavy (non-hydrogen) atoms. The van der Waals surface area contributed by atoms with E-state index >= 15 is 0 Å². The SMILES string of the molecule is N#Cc1ccc(N[C@@H]2CCCc3cn(CC(F)(F)F)nc32)nc1. The Balaban J connectivity index is 1.79. The summed E-state index contributed by atoms with van der Waals surface area (Å²) in [4.78, 5) is 4.13.